The third-order valence-corrected chi connectivity index (χ3v) is 3.87. The van der Waals surface area contributed by atoms with Crippen LogP contribution in [0, 0.1) is 6.92 Å². The van der Waals surface area contributed by atoms with E-state index in [-0.39, 0.29) is 5.97 Å². The molecule has 6 nitrogen and oxygen atoms in total. The van der Waals surface area contributed by atoms with Crippen molar-refractivity contribution in [1.29, 1.82) is 0 Å². The predicted molar refractivity (Wildman–Crippen MR) is 85.6 cm³/mol. The third kappa shape index (κ3) is 3.04. The highest BCUT2D eigenvalue weighted by atomic mass is 32.1. The number of carbonyl (C=O) groups excluding carboxylic acids is 1. The number of rotatable bonds is 4. The van der Waals surface area contributed by atoms with Gasteiger partial charge in [-0.2, -0.15) is 5.10 Å². The number of aromatic nitrogens is 3. The predicted octanol–water partition coefficient (Wildman–Crippen LogP) is 3.32. The van der Waals surface area contributed by atoms with Crippen LogP contribution in [0.1, 0.15) is 23.0 Å². The standard InChI is InChI=1S/C15H14N4O2S/c1-3-21-14(20)10-5-6-11-12(8-10)22-15(16-11)17-13-7-4-9(2)18-19-13/h4-8H,3H2,1-2H3,(H,16,17,19). The number of carbonyl (C=O) groups is 1. The summed E-state index contributed by atoms with van der Waals surface area (Å²) >= 11 is 1.45. The largest absolute Gasteiger partial charge is 0.462 e. The minimum absolute atomic E-state index is 0.322. The molecule has 0 fully saturated rings. The number of fused-ring (bicyclic) bond motifs is 1. The van der Waals surface area contributed by atoms with Crippen molar-refractivity contribution in [3.63, 3.8) is 0 Å². The lowest BCUT2D eigenvalue weighted by Crippen LogP contribution is -2.03. The zero-order chi connectivity index (χ0) is 15.5. The average molecular weight is 314 g/mol. The molecule has 0 saturated carbocycles. The molecule has 2 aromatic heterocycles. The first-order valence-corrected chi connectivity index (χ1v) is 7.62. The zero-order valence-electron chi connectivity index (χ0n) is 12.2. The van der Waals surface area contributed by atoms with Crippen LogP contribution in [0.3, 0.4) is 0 Å². The summed E-state index contributed by atoms with van der Waals surface area (Å²) in [6.07, 6.45) is 0. The van der Waals surface area contributed by atoms with Gasteiger partial charge in [-0.05, 0) is 44.2 Å². The van der Waals surface area contributed by atoms with Crippen LogP contribution in [0.5, 0.6) is 0 Å². The maximum atomic E-state index is 11.7. The zero-order valence-corrected chi connectivity index (χ0v) is 13.0. The average Bonchev–Trinajstić information content (AvgIpc) is 2.91. The lowest BCUT2D eigenvalue weighted by atomic mass is 10.2. The highest BCUT2D eigenvalue weighted by Gasteiger charge is 2.10. The van der Waals surface area contributed by atoms with E-state index in [0.29, 0.717) is 23.1 Å². The Hall–Kier alpha value is -2.54. The fourth-order valence-corrected chi connectivity index (χ4v) is 2.81. The number of aryl methyl sites for hydroxylation is 1. The van der Waals surface area contributed by atoms with E-state index in [1.54, 1.807) is 19.1 Å². The van der Waals surface area contributed by atoms with Gasteiger partial charge in [0.1, 0.15) is 0 Å². The first-order valence-electron chi connectivity index (χ1n) is 6.81. The molecule has 0 aliphatic heterocycles. The molecule has 22 heavy (non-hydrogen) atoms. The van der Waals surface area contributed by atoms with Crippen LogP contribution >= 0.6 is 11.3 Å². The van der Waals surface area contributed by atoms with Crippen LogP contribution in [0.2, 0.25) is 0 Å². The van der Waals surface area contributed by atoms with E-state index in [9.17, 15) is 4.79 Å². The summed E-state index contributed by atoms with van der Waals surface area (Å²) in [5.74, 6) is 0.312. The van der Waals surface area contributed by atoms with Crippen molar-refractivity contribution in [3.8, 4) is 0 Å². The molecule has 1 N–H and O–H groups in total. The molecular formula is C15H14N4O2S. The highest BCUT2D eigenvalue weighted by Crippen LogP contribution is 2.28. The summed E-state index contributed by atoms with van der Waals surface area (Å²) in [5, 5.41) is 11.9. The smallest absolute Gasteiger partial charge is 0.338 e. The van der Waals surface area contributed by atoms with Crippen molar-refractivity contribution < 1.29 is 9.53 Å². The van der Waals surface area contributed by atoms with Crippen molar-refractivity contribution in [2.45, 2.75) is 13.8 Å². The van der Waals surface area contributed by atoms with Gasteiger partial charge in [-0.15, -0.1) is 5.10 Å². The SMILES string of the molecule is CCOC(=O)c1ccc2nc(Nc3ccc(C)nn3)sc2c1. The van der Waals surface area contributed by atoms with Crippen molar-refractivity contribution in [2.75, 3.05) is 11.9 Å². The van der Waals surface area contributed by atoms with Crippen LogP contribution < -0.4 is 5.32 Å². The van der Waals surface area contributed by atoms with Gasteiger partial charge >= 0.3 is 5.97 Å². The summed E-state index contributed by atoms with van der Waals surface area (Å²) in [7, 11) is 0. The second-order valence-corrected chi connectivity index (χ2v) is 5.64. The minimum atomic E-state index is -0.322. The molecule has 0 radical (unpaired) electrons. The molecule has 0 spiro atoms. The normalized spacial score (nSPS) is 10.6. The fourth-order valence-electron chi connectivity index (χ4n) is 1.89. The van der Waals surface area contributed by atoms with Gasteiger partial charge in [0.25, 0.3) is 0 Å². The van der Waals surface area contributed by atoms with E-state index < -0.39 is 0 Å². The van der Waals surface area contributed by atoms with Crippen LogP contribution in [-0.4, -0.2) is 27.8 Å². The molecule has 1 aromatic carbocycles. The van der Waals surface area contributed by atoms with Gasteiger partial charge in [-0.1, -0.05) is 11.3 Å². The molecule has 112 valence electrons. The van der Waals surface area contributed by atoms with Gasteiger partial charge in [-0.25, -0.2) is 9.78 Å². The molecule has 0 unspecified atom stereocenters. The van der Waals surface area contributed by atoms with Crippen molar-refractivity contribution in [3.05, 3.63) is 41.6 Å². The first kappa shape index (κ1) is 14.4. The van der Waals surface area contributed by atoms with Gasteiger partial charge in [0.05, 0.1) is 28.1 Å². The summed E-state index contributed by atoms with van der Waals surface area (Å²) < 4.78 is 5.91. The van der Waals surface area contributed by atoms with Crippen molar-refractivity contribution in [2.24, 2.45) is 0 Å². The number of hydrogen-bond donors (Lipinski definition) is 1. The topological polar surface area (TPSA) is 77.0 Å². The number of benzene rings is 1. The van der Waals surface area contributed by atoms with Gasteiger partial charge in [0.15, 0.2) is 10.9 Å². The van der Waals surface area contributed by atoms with E-state index in [2.05, 4.69) is 20.5 Å². The van der Waals surface area contributed by atoms with E-state index in [0.717, 1.165) is 15.9 Å². The Labute approximate surface area is 131 Å². The Morgan fingerprint density at radius 2 is 2.14 bits per heavy atom. The summed E-state index contributed by atoms with van der Waals surface area (Å²) in [6, 6.07) is 9.04. The number of nitrogens with one attached hydrogen (secondary N) is 1. The number of anilines is 2. The summed E-state index contributed by atoms with van der Waals surface area (Å²) in [6.45, 7) is 4.03. The summed E-state index contributed by atoms with van der Waals surface area (Å²) in [4.78, 5) is 16.2. The molecule has 0 amide bonds. The molecule has 0 bridgehead atoms. The molecule has 3 rings (SSSR count). The summed E-state index contributed by atoms with van der Waals surface area (Å²) in [5.41, 5.74) is 2.20. The van der Waals surface area contributed by atoms with Gasteiger partial charge in [0, 0.05) is 0 Å². The molecule has 0 aliphatic rings. The number of nitrogens with zero attached hydrogens (tertiary/aromatic N) is 3. The van der Waals surface area contributed by atoms with Crippen LogP contribution in [0.15, 0.2) is 30.3 Å². The fraction of sp³-hybridized carbons (Fsp3) is 0.200. The van der Waals surface area contributed by atoms with E-state index >= 15 is 0 Å². The third-order valence-electron chi connectivity index (χ3n) is 2.93. The van der Waals surface area contributed by atoms with Crippen LogP contribution in [0.25, 0.3) is 10.2 Å². The monoisotopic (exact) mass is 314 g/mol. The number of thiazole rings is 1. The molecule has 2 heterocycles. The van der Waals surface area contributed by atoms with E-state index in [1.165, 1.54) is 11.3 Å². The Morgan fingerprint density at radius 1 is 1.27 bits per heavy atom. The van der Waals surface area contributed by atoms with Crippen LogP contribution in [0.4, 0.5) is 10.9 Å². The number of esters is 1. The second kappa shape index (κ2) is 6.07. The second-order valence-electron chi connectivity index (χ2n) is 4.61. The Balaban J connectivity index is 1.86. The molecule has 7 heteroatoms. The Kier molecular flexibility index (Phi) is 3.97. The lowest BCUT2D eigenvalue weighted by molar-refractivity contribution is 0.0526. The quantitative estimate of drug-likeness (QED) is 0.744. The Morgan fingerprint density at radius 3 is 2.86 bits per heavy atom. The molecule has 0 aliphatic carbocycles. The van der Waals surface area contributed by atoms with Crippen molar-refractivity contribution in [1.82, 2.24) is 15.2 Å². The van der Waals surface area contributed by atoms with Crippen LogP contribution in [-0.2, 0) is 4.74 Å². The van der Waals surface area contributed by atoms with Gasteiger partial charge in [-0.3, -0.25) is 0 Å². The number of ether oxygens (including phenoxy) is 1. The maximum absolute atomic E-state index is 11.7. The van der Waals surface area contributed by atoms with E-state index in [1.807, 2.05) is 25.1 Å². The molecule has 0 saturated heterocycles. The molecule has 0 atom stereocenters. The number of hydrogen-bond acceptors (Lipinski definition) is 7. The lowest BCUT2D eigenvalue weighted by Gasteiger charge is -2.00. The molecular weight excluding hydrogens is 300 g/mol. The first-order chi connectivity index (χ1) is 10.7. The molecule has 3 aromatic rings. The van der Waals surface area contributed by atoms with Gasteiger partial charge < -0.3 is 10.1 Å². The Bertz CT molecular complexity index is 814. The van der Waals surface area contributed by atoms with E-state index in [4.69, 9.17) is 4.74 Å². The van der Waals surface area contributed by atoms with Crippen molar-refractivity contribution >= 4 is 38.5 Å². The van der Waals surface area contributed by atoms with Gasteiger partial charge in [0.2, 0.25) is 0 Å². The highest BCUT2D eigenvalue weighted by molar-refractivity contribution is 7.22. The minimum Gasteiger partial charge on any atom is -0.462 e. The maximum Gasteiger partial charge on any atom is 0.338 e.